The molecule has 2 aliphatic carbocycles. The summed E-state index contributed by atoms with van der Waals surface area (Å²) in [5, 5.41) is 0. The van der Waals surface area contributed by atoms with Gasteiger partial charge in [-0.1, -0.05) is 6.07 Å². The first-order chi connectivity index (χ1) is 14.7. The lowest BCUT2D eigenvalue weighted by Crippen LogP contribution is -2.40. The van der Waals surface area contributed by atoms with E-state index in [2.05, 4.69) is 22.1 Å². The van der Waals surface area contributed by atoms with E-state index in [1.54, 1.807) is 19.6 Å². The molecule has 2 bridgehead atoms. The Kier molecular flexibility index (Phi) is 5.40. The molecule has 1 saturated heterocycles. The van der Waals surface area contributed by atoms with Gasteiger partial charge in [-0.2, -0.15) is 0 Å². The molecule has 1 aromatic carbocycles. The first-order valence-electron chi connectivity index (χ1n) is 11.3. The van der Waals surface area contributed by atoms with E-state index >= 15 is 0 Å². The summed E-state index contributed by atoms with van der Waals surface area (Å²) < 4.78 is 12.1. The van der Waals surface area contributed by atoms with Gasteiger partial charge in [-0.3, -0.25) is 4.79 Å². The fourth-order valence-corrected chi connectivity index (χ4v) is 5.70. The van der Waals surface area contributed by atoms with Gasteiger partial charge >= 0.3 is 0 Å². The SMILES string of the molecule is COc1ccc(CC2CCCN(C(=O)c3c[nH]cn3)C2)c(OC2CC3CCC2C3)c1. The van der Waals surface area contributed by atoms with Crippen molar-refractivity contribution in [3.8, 4) is 11.5 Å². The second kappa shape index (κ2) is 8.32. The Morgan fingerprint density at radius 1 is 1.27 bits per heavy atom. The quantitative estimate of drug-likeness (QED) is 0.781. The predicted octanol–water partition coefficient (Wildman–Crippen LogP) is 4.08. The third-order valence-corrected chi connectivity index (χ3v) is 7.26. The van der Waals surface area contributed by atoms with E-state index in [9.17, 15) is 4.79 Å². The smallest absolute Gasteiger partial charge is 0.274 e. The van der Waals surface area contributed by atoms with Crippen molar-refractivity contribution in [2.75, 3.05) is 20.2 Å². The number of piperidine rings is 1. The number of carbonyl (C=O) groups excluding carboxylic acids is 1. The maximum atomic E-state index is 12.7. The first kappa shape index (κ1) is 19.5. The number of fused-ring (bicyclic) bond motifs is 2. The number of rotatable bonds is 6. The highest BCUT2D eigenvalue weighted by Crippen LogP contribution is 2.46. The van der Waals surface area contributed by atoms with Gasteiger partial charge < -0.3 is 19.4 Å². The number of aromatic amines is 1. The number of amides is 1. The Morgan fingerprint density at radius 3 is 2.93 bits per heavy atom. The highest BCUT2D eigenvalue weighted by atomic mass is 16.5. The van der Waals surface area contributed by atoms with E-state index in [0.29, 0.717) is 23.6 Å². The average molecular weight is 410 g/mol. The highest BCUT2D eigenvalue weighted by molar-refractivity contribution is 5.92. The standard InChI is InChI=1S/C24H31N3O3/c1-29-20-7-6-19(23(12-20)30-22-11-16-4-5-18(22)9-16)10-17-3-2-8-27(14-17)24(28)21-13-25-15-26-21/h6-7,12-13,15-18,22H,2-5,8-11,14H2,1H3,(H,25,26). The summed E-state index contributed by atoms with van der Waals surface area (Å²) in [6.07, 6.45) is 11.9. The molecule has 0 spiro atoms. The maximum absolute atomic E-state index is 12.7. The number of aromatic nitrogens is 2. The molecule has 2 heterocycles. The summed E-state index contributed by atoms with van der Waals surface area (Å²) in [5.74, 6) is 3.84. The number of benzene rings is 1. The molecule has 160 valence electrons. The third-order valence-electron chi connectivity index (χ3n) is 7.26. The Morgan fingerprint density at radius 2 is 2.20 bits per heavy atom. The number of H-pyrrole nitrogens is 1. The van der Waals surface area contributed by atoms with Gasteiger partial charge in [0.05, 0.1) is 13.4 Å². The molecule has 5 rings (SSSR count). The molecule has 2 saturated carbocycles. The summed E-state index contributed by atoms with van der Waals surface area (Å²) in [5.41, 5.74) is 1.73. The second-order valence-electron chi connectivity index (χ2n) is 9.22. The number of hydrogen-bond donors (Lipinski definition) is 1. The number of nitrogens with one attached hydrogen (secondary N) is 1. The van der Waals surface area contributed by atoms with Gasteiger partial charge in [0.15, 0.2) is 0 Å². The second-order valence-corrected chi connectivity index (χ2v) is 9.22. The van der Waals surface area contributed by atoms with Crippen LogP contribution in [0.2, 0.25) is 0 Å². The minimum Gasteiger partial charge on any atom is -0.497 e. The van der Waals surface area contributed by atoms with Crippen LogP contribution in [0, 0.1) is 17.8 Å². The molecule has 1 amide bonds. The molecule has 2 aromatic rings. The fourth-order valence-electron chi connectivity index (χ4n) is 5.70. The van der Waals surface area contributed by atoms with Gasteiger partial charge in [0, 0.05) is 25.4 Å². The topological polar surface area (TPSA) is 67.5 Å². The third kappa shape index (κ3) is 3.92. The van der Waals surface area contributed by atoms with Crippen LogP contribution in [0.1, 0.15) is 54.6 Å². The number of likely N-dealkylation sites (tertiary alicyclic amines) is 1. The maximum Gasteiger partial charge on any atom is 0.274 e. The van der Waals surface area contributed by atoms with E-state index in [4.69, 9.17) is 9.47 Å². The van der Waals surface area contributed by atoms with Crippen LogP contribution >= 0.6 is 0 Å². The number of imidazole rings is 1. The van der Waals surface area contributed by atoms with Crippen molar-refractivity contribution in [1.82, 2.24) is 14.9 Å². The lowest BCUT2D eigenvalue weighted by atomic mass is 9.90. The first-order valence-corrected chi connectivity index (χ1v) is 11.3. The molecule has 4 atom stereocenters. The van der Waals surface area contributed by atoms with Crippen LogP contribution in [0.3, 0.4) is 0 Å². The molecule has 0 radical (unpaired) electrons. The Labute approximate surface area is 178 Å². The highest BCUT2D eigenvalue weighted by Gasteiger charge is 2.41. The molecular formula is C24H31N3O3. The predicted molar refractivity (Wildman–Crippen MR) is 114 cm³/mol. The van der Waals surface area contributed by atoms with Crippen molar-refractivity contribution in [3.63, 3.8) is 0 Å². The Balaban J connectivity index is 1.29. The van der Waals surface area contributed by atoms with Gasteiger partial charge in [-0.15, -0.1) is 0 Å². The molecule has 4 unspecified atom stereocenters. The number of hydrogen-bond acceptors (Lipinski definition) is 4. The van der Waals surface area contributed by atoms with Crippen LogP contribution < -0.4 is 9.47 Å². The number of ether oxygens (including phenoxy) is 2. The van der Waals surface area contributed by atoms with Crippen molar-refractivity contribution in [2.45, 2.75) is 51.0 Å². The normalized spacial score (nSPS) is 28.0. The van der Waals surface area contributed by atoms with E-state index in [1.807, 2.05) is 11.0 Å². The summed E-state index contributed by atoms with van der Waals surface area (Å²) in [6, 6.07) is 6.23. The molecular weight excluding hydrogens is 378 g/mol. The zero-order valence-corrected chi connectivity index (χ0v) is 17.7. The van der Waals surface area contributed by atoms with Gasteiger partial charge in [0.1, 0.15) is 23.3 Å². The van der Waals surface area contributed by atoms with Crippen molar-refractivity contribution >= 4 is 5.91 Å². The van der Waals surface area contributed by atoms with Crippen molar-refractivity contribution in [3.05, 3.63) is 42.0 Å². The van der Waals surface area contributed by atoms with E-state index in [1.165, 1.54) is 31.2 Å². The van der Waals surface area contributed by atoms with Crippen LogP contribution in [0.5, 0.6) is 11.5 Å². The Hall–Kier alpha value is -2.50. The monoisotopic (exact) mass is 409 g/mol. The molecule has 1 N–H and O–H groups in total. The lowest BCUT2D eigenvalue weighted by Gasteiger charge is -2.33. The van der Waals surface area contributed by atoms with E-state index in [0.717, 1.165) is 49.8 Å². The lowest BCUT2D eigenvalue weighted by molar-refractivity contribution is 0.0667. The minimum atomic E-state index is 0.0223. The molecule has 6 heteroatoms. The van der Waals surface area contributed by atoms with Gasteiger partial charge in [-0.25, -0.2) is 4.98 Å². The number of nitrogens with zero attached hydrogens (tertiary/aromatic N) is 2. The van der Waals surface area contributed by atoms with Crippen LogP contribution in [-0.4, -0.2) is 47.1 Å². The average Bonchev–Trinajstić information content (AvgIpc) is 3.53. The minimum absolute atomic E-state index is 0.0223. The van der Waals surface area contributed by atoms with Crippen LogP contribution in [0.4, 0.5) is 0 Å². The van der Waals surface area contributed by atoms with Gasteiger partial charge in [-0.05, 0) is 74.3 Å². The molecule has 3 aliphatic rings. The molecule has 30 heavy (non-hydrogen) atoms. The number of methoxy groups -OCH3 is 1. The van der Waals surface area contributed by atoms with Crippen molar-refractivity contribution in [2.24, 2.45) is 17.8 Å². The zero-order valence-electron chi connectivity index (χ0n) is 17.7. The summed E-state index contributed by atoms with van der Waals surface area (Å²) in [7, 11) is 1.70. The van der Waals surface area contributed by atoms with Crippen molar-refractivity contribution in [1.29, 1.82) is 0 Å². The Bertz CT molecular complexity index is 882. The summed E-state index contributed by atoms with van der Waals surface area (Å²) in [4.78, 5) is 21.7. The number of carbonyl (C=O) groups is 1. The van der Waals surface area contributed by atoms with Crippen LogP contribution in [-0.2, 0) is 6.42 Å². The van der Waals surface area contributed by atoms with Crippen LogP contribution in [0.25, 0.3) is 0 Å². The summed E-state index contributed by atoms with van der Waals surface area (Å²) in [6.45, 7) is 1.57. The van der Waals surface area contributed by atoms with Crippen molar-refractivity contribution < 1.29 is 14.3 Å². The summed E-state index contributed by atoms with van der Waals surface area (Å²) >= 11 is 0. The molecule has 6 nitrogen and oxygen atoms in total. The van der Waals surface area contributed by atoms with Gasteiger partial charge in [0.2, 0.25) is 0 Å². The molecule has 3 fully saturated rings. The van der Waals surface area contributed by atoms with Crippen LogP contribution in [0.15, 0.2) is 30.7 Å². The zero-order chi connectivity index (χ0) is 20.5. The molecule has 1 aromatic heterocycles. The molecule has 1 aliphatic heterocycles. The largest absolute Gasteiger partial charge is 0.497 e. The van der Waals surface area contributed by atoms with Gasteiger partial charge in [0.25, 0.3) is 5.91 Å². The van der Waals surface area contributed by atoms with E-state index in [-0.39, 0.29) is 5.91 Å². The van der Waals surface area contributed by atoms with E-state index < -0.39 is 0 Å². The fraction of sp³-hybridized carbons (Fsp3) is 0.583.